The molecule has 0 aliphatic carbocycles. The van der Waals surface area contributed by atoms with Gasteiger partial charge in [0.05, 0.1) is 20.3 Å². The van der Waals surface area contributed by atoms with E-state index in [2.05, 4.69) is 5.32 Å². The molecule has 3 aromatic carbocycles. The van der Waals surface area contributed by atoms with Crippen LogP contribution >= 0.6 is 0 Å². The van der Waals surface area contributed by atoms with E-state index in [1.54, 1.807) is 12.1 Å². The van der Waals surface area contributed by atoms with E-state index in [4.69, 9.17) is 14.2 Å². The number of esters is 1. The second-order valence-corrected chi connectivity index (χ2v) is 7.25. The Hall–Kier alpha value is -4.57. The Morgan fingerprint density at radius 1 is 0.912 bits per heavy atom. The highest BCUT2D eigenvalue weighted by Crippen LogP contribution is 2.39. The molecule has 0 saturated heterocycles. The molecule has 0 unspecified atom stereocenters. The Morgan fingerprint density at radius 3 is 1.82 bits per heavy atom. The zero-order chi connectivity index (χ0) is 24.5. The second kappa shape index (κ2) is 11.3. The van der Waals surface area contributed by atoms with Gasteiger partial charge in [-0.3, -0.25) is 9.59 Å². The number of carbonyl (C=O) groups is 2. The molecular formula is C27H24N2O5. The SMILES string of the molecule is COc1cc(C=C(C#N)C(=O)NC(c2ccccc2)c2ccccc2)cc(OC)c1OC(C)=O. The van der Waals surface area contributed by atoms with Gasteiger partial charge in [0, 0.05) is 6.92 Å². The average molecular weight is 456 g/mol. The molecule has 7 heteroatoms. The first-order valence-corrected chi connectivity index (χ1v) is 10.4. The number of ether oxygens (including phenoxy) is 3. The average Bonchev–Trinajstić information content (AvgIpc) is 2.86. The van der Waals surface area contributed by atoms with E-state index in [-0.39, 0.29) is 22.8 Å². The lowest BCUT2D eigenvalue weighted by molar-refractivity contribution is -0.132. The molecule has 1 N–H and O–H groups in total. The lowest BCUT2D eigenvalue weighted by atomic mass is 9.98. The van der Waals surface area contributed by atoms with Crippen LogP contribution in [0, 0.1) is 11.3 Å². The van der Waals surface area contributed by atoms with Crippen LogP contribution in [0.5, 0.6) is 17.2 Å². The summed E-state index contributed by atoms with van der Waals surface area (Å²) in [6.45, 7) is 1.26. The van der Waals surface area contributed by atoms with Crippen molar-refractivity contribution in [3.63, 3.8) is 0 Å². The van der Waals surface area contributed by atoms with E-state index in [1.165, 1.54) is 27.2 Å². The first-order valence-electron chi connectivity index (χ1n) is 10.4. The van der Waals surface area contributed by atoms with Crippen LogP contribution in [0.4, 0.5) is 0 Å². The van der Waals surface area contributed by atoms with Crippen LogP contribution < -0.4 is 19.5 Å². The van der Waals surface area contributed by atoms with E-state index in [9.17, 15) is 14.9 Å². The first kappa shape index (κ1) is 24.1. The van der Waals surface area contributed by atoms with Gasteiger partial charge in [-0.2, -0.15) is 5.26 Å². The van der Waals surface area contributed by atoms with Crippen LogP contribution in [-0.2, 0) is 9.59 Å². The fraction of sp³-hybridized carbons (Fsp3) is 0.148. The maximum absolute atomic E-state index is 13.1. The molecule has 0 saturated carbocycles. The molecule has 3 rings (SSSR count). The third-order valence-corrected chi connectivity index (χ3v) is 4.95. The summed E-state index contributed by atoms with van der Waals surface area (Å²) in [7, 11) is 2.83. The molecule has 0 heterocycles. The largest absolute Gasteiger partial charge is 0.493 e. The Bertz CT molecular complexity index is 1170. The van der Waals surface area contributed by atoms with Crippen molar-refractivity contribution >= 4 is 18.0 Å². The molecule has 0 aromatic heterocycles. The molecule has 0 bridgehead atoms. The molecule has 0 fully saturated rings. The summed E-state index contributed by atoms with van der Waals surface area (Å²) in [6.07, 6.45) is 1.42. The minimum atomic E-state index is -0.540. The minimum Gasteiger partial charge on any atom is -0.493 e. The number of amides is 1. The van der Waals surface area contributed by atoms with Crippen molar-refractivity contribution < 1.29 is 23.8 Å². The Labute approximate surface area is 198 Å². The highest BCUT2D eigenvalue weighted by molar-refractivity contribution is 6.02. The molecule has 0 aliphatic rings. The highest BCUT2D eigenvalue weighted by atomic mass is 16.6. The number of hydrogen-bond donors (Lipinski definition) is 1. The van der Waals surface area contributed by atoms with Crippen LogP contribution in [0.2, 0.25) is 0 Å². The summed E-state index contributed by atoms with van der Waals surface area (Å²) >= 11 is 0. The number of benzene rings is 3. The van der Waals surface area contributed by atoms with E-state index in [0.717, 1.165) is 11.1 Å². The van der Waals surface area contributed by atoms with Crippen molar-refractivity contribution in [1.82, 2.24) is 5.32 Å². The van der Waals surface area contributed by atoms with Gasteiger partial charge in [0.2, 0.25) is 5.75 Å². The fourth-order valence-corrected chi connectivity index (χ4v) is 3.40. The quantitative estimate of drug-likeness (QED) is 0.233. The molecular weight excluding hydrogens is 432 g/mol. The number of nitrogens with zero attached hydrogens (tertiary/aromatic N) is 1. The summed E-state index contributed by atoms with van der Waals surface area (Å²) in [5, 5.41) is 12.7. The zero-order valence-electron chi connectivity index (χ0n) is 19.1. The summed E-state index contributed by atoms with van der Waals surface area (Å²) < 4.78 is 15.8. The predicted octanol–water partition coefficient (Wildman–Crippen LogP) is 4.44. The van der Waals surface area contributed by atoms with E-state index < -0.39 is 17.9 Å². The van der Waals surface area contributed by atoms with Gasteiger partial charge >= 0.3 is 5.97 Å². The van der Waals surface area contributed by atoms with Crippen LogP contribution in [0.15, 0.2) is 78.4 Å². The summed E-state index contributed by atoms with van der Waals surface area (Å²) in [4.78, 5) is 24.6. The molecule has 1 amide bonds. The number of rotatable bonds is 8. The van der Waals surface area contributed by atoms with Gasteiger partial charge in [0.15, 0.2) is 11.5 Å². The zero-order valence-corrected chi connectivity index (χ0v) is 19.1. The maximum Gasteiger partial charge on any atom is 0.308 e. The van der Waals surface area contributed by atoms with Crippen molar-refractivity contribution in [3.8, 4) is 23.3 Å². The van der Waals surface area contributed by atoms with Crippen molar-refractivity contribution in [2.24, 2.45) is 0 Å². The summed E-state index contributed by atoms with van der Waals surface area (Å²) in [5.41, 5.74) is 2.12. The molecule has 0 atom stereocenters. The fourth-order valence-electron chi connectivity index (χ4n) is 3.40. The van der Waals surface area contributed by atoms with Crippen molar-refractivity contribution in [3.05, 3.63) is 95.1 Å². The van der Waals surface area contributed by atoms with Gasteiger partial charge in [-0.25, -0.2) is 0 Å². The molecule has 3 aromatic rings. The van der Waals surface area contributed by atoms with Crippen LogP contribution in [0.25, 0.3) is 6.08 Å². The Morgan fingerprint density at radius 2 is 1.41 bits per heavy atom. The molecule has 0 radical (unpaired) electrons. The van der Waals surface area contributed by atoms with Gasteiger partial charge in [0.25, 0.3) is 5.91 Å². The van der Waals surface area contributed by atoms with Crippen molar-refractivity contribution in [2.75, 3.05) is 14.2 Å². The number of nitrogens with one attached hydrogen (secondary N) is 1. The van der Waals surface area contributed by atoms with Crippen molar-refractivity contribution in [2.45, 2.75) is 13.0 Å². The van der Waals surface area contributed by atoms with E-state index in [1.807, 2.05) is 66.7 Å². The van der Waals surface area contributed by atoms with Crippen LogP contribution in [-0.4, -0.2) is 26.1 Å². The Kier molecular flexibility index (Phi) is 8.03. The van der Waals surface area contributed by atoms with Gasteiger partial charge in [0.1, 0.15) is 11.6 Å². The van der Waals surface area contributed by atoms with E-state index in [0.29, 0.717) is 5.56 Å². The minimum absolute atomic E-state index is 0.110. The third kappa shape index (κ3) is 5.81. The smallest absolute Gasteiger partial charge is 0.308 e. The second-order valence-electron chi connectivity index (χ2n) is 7.25. The number of hydrogen-bond acceptors (Lipinski definition) is 6. The van der Waals surface area contributed by atoms with Crippen LogP contribution in [0.1, 0.15) is 29.7 Å². The lowest BCUT2D eigenvalue weighted by Crippen LogP contribution is -2.30. The van der Waals surface area contributed by atoms with Crippen LogP contribution in [0.3, 0.4) is 0 Å². The number of methoxy groups -OCH3 is 2. The normalized spacial score (nSPS) is 10.9. The van der Waals surface area contributed by atoms with Gasteiger partial charge in [-0.05, 0) is 34.9 Å². The lowest BCUT2D eigenvalue weighted by Gasteiger charge is -2.19. The summed E-state index contributed by atoms with van der Waals surface area (Å²) in [5.74, 6) is -0.507. The van der Waals surface area contributed by atoms with Gasteiger partial charge in [-0.15, -0.1) is 0 Å². The monoisotopic (exact) mass is 456 g/mol. The molecule has 0 spiro atoms. The highest BCUT2D eigenvalue weighted by Gasteiger charge is 2.20. The van der Waals surface area contributed by atoms with Gasteiger partial charge < -0.3 is 19.5 Å². The van der Waals surface area contributed by atoms with Gasteiger partial charge in [-0.1, -0.05) is 60.7 Å². The number of carbonyl (C=O) groups excluding carboxylic acids is 2. The third-order valence-electron chi connectivity index (χ3n) is 4.95. The van der Waals surface area contributed by atoms with E-state index >= 15 is 0 Å². The summed E-state index contributed by atoms with van der Waals surface area (Å²) in [6, 6.07) is 23.6. The van der Waals surface area contributed by atoms with Crippen molar-refractivity contribution in [1.29, 1.82) is 5.26 Å². The molecule has 7 nitrogen and oxygen atoms in total. The molecule has 172 valence electrons. The maximum atomic E-state index is 13.1. The Balaban J connectivity index is 1.96. The number of nitriles is 1. The molecule has 34 heavy (non-hydrogen) atoms. The topological polar surface area (TPSA) is 97.7 Å². The standard InChI is InChI=1S/C27H24N2O5/c1-18(30)34-26-23(32-2)15-19(16-24(26)33-3)14-22(17-28)27(31)29-25(20-10-6-4-7-11-20)21-12-8-5-9-13-21/h4-16,25H,1-3H3,(H,29,31). The predicted molar refractivity (Wildman–Crippen MR) is 127 cm³/mol. The first-order chi connectivity index (χ1) is 16.5. The molecule has 0 aliphatic heterocycles.